The van der Waals surface area contributed by atoms with Crippen molar-refractivity contribution in [2.45, 2.75) is 58.7 Å². The van der Waals surface area contributed by atoms with Gasteiger partial charge in [-0.1, -0.05) is 31.6 Å². The van der Waals surface area contributed by atoms with E-state index in [0.717, 1.165) is 25.7 Å². The molecule has 2 fully saturated rings. The van der Waals surface area contributed by atoms with Crippen molar-refractivity contribution < 1.29 is 19.4 Å². The van der Waals surface area contributed by atoms with E-state index in [2.05, 4.69) is 26.8 Å². The van der Waals surface area contributed by atoms with Gasteiger partial charge in [-0.25, -0.2) is 4.79 Å². The quantitative estimate of drug-likeness (QED) is 0.489. The second-order valence-electron chi connectivity index (χ2n) is 8.03. The molecule has 1 heterocycles. The molecule has 0 radical (unpaired) electrons. The van der Waals surface area contributed by atoms with Gasteiger partial charge in [-0.2, -0.15) is 0 Å². The number of ether oxygens (including phenoxy) is 2. The molecule has 4 nitrogen and oxygen atoms in total. The molecular formula is C20H30O4. The average molecular weight is 334 g/mol. The van der Waals surface area contributed by atoms with Crippen molar-refractivity contribution in [3.05, 3.63) is 23.3 Å². The van der Waals surface area contributed by atoms with E-state index in [1.165, 1.54) is 5.57 Å². The molecule has 0 aromatic rings. The molecule has 2 aliphatic carbocycles. The van der Waals surface area contributed by atoms with Crippen molar-refractivity contribution in [2.24, 2.45) is 23.2 Å². The highest BCUT2D eigenvalue weighted by atomic mass is 16.6. The molecule has 3 aliphatic rings. The maximum atomic E-state index is 11.8. The second-order valence-corrected chi connectivity index (χ2v) is 8.03. The number of fused-ring (bicyclic) bond motifs is 1. The molecule has 0 spiro atoms. The van der Waals surface area contributed by atoms with Gasteiger partial charge in [0.25, 0.3) is 0 Å². The third-order valence-corrected chi connectivity index (χ3v) is 6.92. The third-order valence-electron chi connectivity index (χ3n) is 6.92. The number of cyclic esters (lactones) is 1. The molecular weight excluding hydrogens is 304 g/mol. The first kappa shape index (κ1) is 17.7. The summed E-state index contributed by atoms with van der Waals surface area (Å²) in [6, 6.07) is 0. The molecule has 4 heteroatoms. The molecule has 0 amide bonds. The molecule has 1 aliphatic heterocycles. The lowest BCUT2D eigenvalue weighted by molar-refractivity contribution is -0.135. The van der Waals surface area contributed by atoms with Crippen LogP contribution >= 0.6 is 0 Å². The fraction of sp³-hybridized carbons (Fsp3) is 0.750. The summed E-state index contributed by atoms with van der Waals surface area (Å²) >= 11 is 0. The van der Waals surface area contributed by atoms with Crippen LogP contribution < -0.4 is 0 Å². The monoisotopic (exact) mass is 334 g/mol. The highest BCUT2D eigenvalue weighted by Crippen LogP contribution is 2.56. The Kier molecular flexibility index (Phi) is 4.89. The van der Waals surface area contributed by atoms with Gasteiger partial charge >= 0.3 is 5.97 Å². The summed E-state index contributed by atoms with van der Waals surface area (Å²) in [6.45, 7) is 7.03. The standard InChI is InChI=1S/C20H30O4/c1-12-5-7-16-13(2)18(23-4)9-10-20(16,3)15(12)8-6-14-17(21)11-24-19(14)22/h5-6,13,15-18,21H,7-11H2,1-4H3/b14-6+/t13-,15-,16?,17-,18?,20+/m1/s1. The lowest BCUT2D eigenvalue weighted by Gasteiger charge is -2.54. The van der Waals surface area contributed by atoms with Gasteiger partial charge in [0.1, 0.15) is 12.7 Å². The fourth-order valence-electron chi connectivity index (χ4n) is 5.37. The van der Waals surface area contributed by atoms with E-state index in [1.54, 1.807) is 0 Å². The number of aliphatic hydroxyl groups excluding tert-OH is 1. The normalized spacial score (nSPS) is 44.2. The van der Waals surface area contributed by atoms with Crippen LogP contribution in [-0.4, -0.2) is 37.0 Å². The van der Waals surface area contributed by atoms with E-state index in [-0.39, 0.29) is 18.0 Å². The molecule has 0 aromatic heterocycles. The highest BCUT2D eigenvalue weighted by molar-refractivity contribution is 5.91. The van der Waals surface area contributed by atoms with Gasteiger partial charge in [0.05, 0.1) is 11.7 Å². The number of hydrogen-bond acceptors (Lipinski definition) is 4. The van der Waals surface area contributed by atoms with Gasteiger partial charge < -0.3 is 14.6 Å². The van der Waals surface area contributed by atoms with E-state index >= 15 is 0 Å². The first-order valence-corrected chi connectivity index (χ1v) is 9.13. The topological polar surface area (TPSA) is 55.8 Å². The number of hydrogen-bond donors (Lipinski definition) is 1. The van der Waals surface area contributed by atoms with Crippen LogP contribution in [0.4, 0.5) is 0 Å². The van der Waals surface area contributed by atoms with Crippen LogP contribution in [0.1, 0.15) is 46.5 Å². The van der Waals surface area contributed by atoms with Crippen molar-refractivity contribution in [3.8, 4) is 0 Å². The van der Waals surface area contributed by atoms with Crippen LogP contribution in [0.15, 0.2) is 23.3 Å². The molecule has 1 saturated heterocycles. The predicted molar refractivity (Wildman–Crippen MR) is 92.3 cm³/mol. The van der Waals surface area contributed by atoms with E-state index < -0.39 is 6.10 Å². The van der Waals surface area contributed by atoms with Gasteiger partial charge in [-0.3, -0.25) is 0 Å². The molecule has 3 rings (SSSR count). The van der Waals surface area contributed by atoms with Crippen molar-refractivity contribution in [3.63, 3.8) is 0 Å². The van der Waals surface area contributed by atoms with E-state index in [1.807, 2.05) is 13.2 Å². The Hall–Kier alpha value is -1.13. The number of allylic oxidation sites excluding steroid dienone is 3. The van der Waals surface area contributed by atoms with Crippen LogP contribution in [0.5, 0.6) is 0 Å². The lowest BCUT2D eigenvalue weighted by atomic mass is 9.52. The van der Waals surface area contributed by atoms with Crippen LogP contribution in [0.3, 0.4) is 0 Å². The van der Waals surface area contributed by atoms with E-state index in [9.17, 15) is 9.90 Å². The van der Waals surface area contributed by atoms with Crippen LogP contribution in [0.2, 0.25) is 0 Å². The Bertz CT molecular complexity index is 564. The summed E-state index contributed by atoms with van der Waals surface area (Å²) in [5.74, 6) is 1.18. The van der Waals surface area contributed by atoms with Gasteiger partial charge in [0, 0.05) is 7.11 Å². The molecule has 1 saturated carbocycles. The summed E-state index contributed by atoms with van der Waals surface area (Å²) in [5, 5.41) is 9.91. The highest BCUT2D eigenvalue weighted by Gasteiger charge is 2.50. The smallest absolute Gasteiger partial charge is 0.336 e. The Balaban J connectivity index is 1.84. The largest absolute Gasteiger partial charge is 0.459 e. The van der Waals surface area contributed by atoms with E-state index in [4.69, 9.17) is 9.47 Å². The predicted octanol–water partition coefficient (Wildman–Crippen LogP) is 3.25. The molecule has 0 bridgehead atoms. The van der Waals surface area contributed by atoms with Gasteiger partial charge in [-0.05, 0) is 55.8 Å². The third kappa shape index (κ3) is 2.84. The average Bonchev–Trinajstić information content (AvgIpc) is 2.86. The van der Waals surface area contributed by atoms with Crippen LogP contribution in [-0.2, 0) is 14.3 Å². The zero-order valence-corrected chi connectivity index (χ0v) is 15.2. The number of rotatable bonds is 3. The second kappa shape index (κ2) is 6.64. The molecule has 2 unspecified atom stereocenters. The fourth-order valence-corrected chi connectivity index (χ4v) is 5.37. The minimum atomic E-state index is -0.767. The van der Waals surface area contributed by atoms with Crippen molar-refractivity contribution >= 4 is 5.97 Å². The van der Waals surface area contributed by atoms with Gasteiger partial charge in [-0.15, -0.1) is 0 Å². The molecule has 134 valence electrons. The number of carbonyl (C=O) groups is 1. The molecule has 6 atom stereocenters. The Morgan fingerprint density at radius 1 is 1.50 bits per heavy atom. The summed E-state index contributed by atoms with van der Waals surface area (Å²) in [7, 11) is 1.82. The summed E-state index contributed by atoms with van der Waals surface area (Å²) in [5.41, 5.74) is 2.07. The first-order chi connectivity index (χ1) is 11.4. The van der Waals surface area contributed by atoms with Crippen molar-refractivity contribution in [1.82, 2.24) is 0 Å². The summed E-state index contributed by atoms with van der Waals surface area (Å²) < 4.78 is 10.6. The van der Waals surface area contributed by atoms with Crippen LogP contribution in [0, 0.1) is 23.2 Å². The minimum absolute atomic E-state index is 0.0938. The van der Waals surface area contributed by atoms with Crippen molar-refractivity contribution in [1.29, 1.82) is 0 Å². The number of esters is 1. The zero-order valence-electron chi connectivity index (χ0n) is 15.2. The first-order valence-electron chi connectivity index (χ1n) is 9.13. The molecule has 0 aromatic carbocycles. The maximum Gasteiger partial charge on any atom is 0.336 e. The van der Waals surface area contributed by atoms with Gasteiger partial charge in [0.15, 0.2) is 0 Å². The maximum absolute atomic E-state index is 11.8. The number of methoxy groups -OCH3 is 1. The molecule has 1 N–H and O–H groups in total. The SMILES string of the molecule is COC1CC[C@]2(C)C(CC=C(C)[C@H]2C/C=C2/C(=O)OC[C@H]2O)[C@H]1C. The van der Waals surface area contributed by atoms with Crippen molar-refractivity contribution in [2.75, 3.05) is 13.7 Å². The van der Waals surface area contributed by atoms with Gasteiger partial charge in [0.2, 0.25) is 0 Å². The Morgan fingerprint density at radius 2 is 2.25 bits per heavy atom. The van der Waals surface area contributed by atoms with Crippen LogP contribution in [0.25, 0.3) is 0 Å². The summed E-state index contributed by atoms with van der Waals surface area (Å²) in [4.78, 5) is 11.8. The lowest BCUT2D eigenvalue weighted by Crippen LogP contribution is -2.49. The van der Waals surface area contributed by atoms with E-state index in [0.29, 0.717) is 29.4 Å². The zero-order chi connectivity index (χ0) is 17.5. The Labute approximate surface area is 144 Å². The summed E-state index contributed by atoms with van der Waals surface area (Å²) in [6.07, 6.45) is 8.01. The Morgan fingerprint density at radius 3 is 2.88 bits per heavy atom. The number of aliphatic hydroxyl groups is 1. The number of carbonyl (C=O) groups excluding carboxylic acids is 1. The minimum Gasteiger partial charge on any atom is -0.459 e. The molecule has 24 heavy (non-hydrogen) atoms.